The first-order valence-electron chi connectivity index (χ1n) is 5.86. The number of hydrogen-bond donors (Lipinski definition) is 1. The minimum Gasteiger partial charge on any atom is -0.493 e. The minimum absolute atomic E-state index is 0.175. The van der Waals surface area contributed by atoms with Crippen LogP contribution in [-0.4, -0.2) is 34.7 Å². The van der Waals surface area contributed by atoms with Crippen LogP contribution >= 0.6 is 0 Å². The second-order valence-electron chi connectivity index (χ2n) is 3.61. The van der Waals surface area contributed by atoms with E-state index in [1.165, 1.54) is 0 Å². The van der Waals surface area contributed by atoms with Crippen LogP contribution in [0.2, 0.25) is 0 Å². The average Bonchev–Trinajstić information content (AvgIpc) is 2.40. The van der Waals surface area contributed by atoms with Gasteiger partial charge in [0.1, 0.15) is 0 Å². The summed E-state index contributed by atoms with van der Waals surface area (Å²) in [4.78, 5) is 0. The van der Waals surface area contributed by atoms with Gasteiger partial charge in [0.15, 0.2) is 18.3 Å². The summed E-state index contributed by atoms with van der Waals surface area (Å²) in [5, 5.41) is 3.08. The van der Waals surface area contributed by atoms with Gasteiger partial charge in [-0.25, -0.2) is 0 Å². The molecule has 0 atom stereocenters. The Labute approximate surface area is 108 Å². The fraction of sp³-hybridized carbons (Fsp3) is 0.538. The SMILES string of the molecule is CCOCOc1c(OC)cc(CNC)cc1OC. The maximum absolute atomic E-state index is 5.53. The van der Waals surface area contributed by atoms with Crippen LogP contribution in [0, 0.1) is 0 Å². The second kappa shape index (κ2) is 7.79. The van der Waals surface area contributed by atoms with E-state index < -0.39 is 0 Å². The summed E-state index contributed by atoms with van der Waals surface area (Å²) in [5.74, 6) is 1.84. The van der Waals surface area contributed by atoms with Crippen LogP contribution in [0.5, 0.6) is 17.2 Å². The molecule has 5 heteroatoms. The molecule has 0 aliphatic rings. The Morgan fingerprint density at radius 1 is 1.11 bits per heavy atom. The first-order chi connectivity index (χ1) is 8.76. The molecule has 18 heavy (non-hydrogen) atoms. The molecule has 1 aromatic rings. The van der Waals surface area contributed by atoms with Crippen molar-refractivity contribution in [1.82, 2.24) is 5.32 Å². The van der Waals surface area contributed by atoms with Crippen molar-refractivity contribution in [1.29, 1.82) is 0 Å². The maximum Gasteiger partial charge on any atom is 0.206 e. The van der Waals surface area contributed by atoms with Gasteiger partial charge in [-0.1, -0.05) is 0 Å². The predicted molar refractivity (Wildman–Crippen MR) is 69.4 cm³/mol. The van der Waals surface area contributed by atoms with Gasteiger partial charge in [-0.15, -0.1) is 0 Å². The van der Waals surface area contributed by atoms with Crippen LogP contribution in [0.15, 0.2) is 12.1 Å². The Balaban J connectivity index is 2.97. The Kier molecular flexibility index (Phi) is 6.32. The number of hydrogen-bond acceptors (Lipinski definition) is 5. The first kappa shape index (κ1) is 14.6. The molecule has 102 valence electrons. The molecule has 0 bridgehead atoms. The molecule has 1 rings (SSSR count). The number of rotatable bonds is 8. The molecule has 0 amide bonds. The van der Waals surface area contributed by atoms with Gasteiger partial charge in [0.05, 0.1) is 14.2 Å². The Morgan fingerprint density at radius 3 is 2.17 bits per heavy atom. The van der Waals surface area contributed by atoms with E-state index >= 15 is 0 Å². The molecule has 0 heterocycles. The summed E-state index contributed by atoms with van der Waals surface area (Å²) in [6.07, 6.45) is 0. The number of benzene rings is 1. The van der Waals surface area contributed by atoms with E-state index in [1.807, 2.05) is 26.1 Å². The van der Waals surface area contributed by atoms with Gasteiger partial charge in [-0.3, -0.25) is 0 Å². The van der Waals surface area contributed by atoms with Crippen LogP contribution in [0.3, 0.4) is 0 Å². The lowest BCUT2D eigenvalue weighted by Gasteiger charge is -2.15. The molecule has 0 radical (unpaired) electrons. The minimum atomic E-state index is 0.175. The molecule has 1 N–H and O–H groups in total. The van der Waals surface area contributed by atoms with Crippen molar-refractivity contribution in [3.8, 4) is 17.2 Å². The topological polar surface area (TPSA) is 49.0 Å². The van der Waals surface area contributed by atoms with Gasteiger partial charge >= 0.3 is 0 Å². The number of methoxy groups -OCH3 is 2. The van der Waals surface area contributed by atoms with Crippen molar-refractivity contribution >= 4 is 0 Å². The fourth-order valence-corrected chi connectivity index (χ4v) is 1.57. The molecule has 1 aromatic carbocycles. The third-order valence-corrected chi connectivity index (χ3v) is 2.39. The van der Waals surface area contributed by atoms with Crippen LogP contribution in [-0.2, 0) is 11.3 Å². The number of ether oxygens (including phenoxy) is 4. The van der Waals surface area contributed by atoms with E-state index in [0.29, 0.717) is 23.9 Å². The van der Waals surface area contributed by atoms with E-state index in [2.05, 4.69) is 5.32 Å². The largest absolute Gasteiger partial charge is 0.493 e. The molecule has 0 saturated carbocycles. The maximum atomic E-state index is 5.53. The van der Waals surface area contributed by atoms with Gasteiger partial charge in [0.2, 0.25) is 5.75 Å². The van der Waals surface area contributed by atoms with E-state index in [4.69, 9.17) is 18.9 Å². The fourth-order valence-electron chi connectivity index (χ4n) is 1.57. The standard InChI is InChI=1S/C13H21NO4/c1-5-17-9-18-13-11(15-3)6-10(8-14-2)7-12(13)16-4/h6-7,14H,5,8-9H2,1-4H3. The van der Waals surface area contributed by atoms with E-state index in [0.717, 1.165) is 12.1 Å². The van der Waals surface area contributed by atoms with Crippen molar-refractivity contribution in [2.24, 2.45) is 0 Å². The van der Waals surface area contributed by atoms with Crippen LogP contribution < -0.4 is 19.5 Å². The molecule has 0 aromatic heterocycles. The van der Waals surface area contributed by atoms with Gasteiger partial charge in [0.25, 0.3) is 0 Å². The highest BCUT2D eigenvalue weighted by molar-refractivity contribution is 5.53. The van der Waals surface area contributed by atoms with E-state index in [1.54, 1.807) is 14.2 Å². The molecule has 0 unspecified atom stereocenters. The van der Waals surface area contributed by atoms with Gasteiger partial charge < -0.3 is 24.3 Å². The van der Waals surface area contributed by atoms with Crippen LogP contribution in [0.1, 0.15) is 12.5 Å². The Morgan fingerprint density at radius 2 is 1.72 bits per heavy atom. The van der Waals surface area contributed by atoms with Crippen molar-refractivity contribution in [2.45, 2.75) is 13.5 Å². The molecular formula is C13H21NO4. The zero-order valence-corrected chi connectivity index (χ0v) is 11.4. The second-order valence-corrected chi connectivity index (χ2v) is 3.61. The number of nitrogens with one attached hydrogen (secondary N) is 1. The lowest BCUT2D eigenvalue weighted by atomic mass is 10.2. The summed E-state index contributed by atoms with van der Waals surface area (Å²) in [6.45, 7) is 3.42. The van der Waals surface area contributed by atoms with Gasteiger partial charge in [-0.05, 0) is 31.7 Å². The van der Waals surface area contributed by atoms with Crippen molar-refractivity contribution in [3.05, 3.63) is 17.7 Å². The lowest BCUT2D eigenvalue weighted by Crippen LogP contribution is -2.08. The Hall–Kier alpha value is -1.46. The molecule has 0 aliphatic heterocycles. The predicted octanol–water partition coefficient (Wildman–Crippen LogP) is 1.80. The quantitative estimate of drug-likeness (QED) is 0.567. The molecular weight excluding hydrogens is 234 g/mol. The van der Waals surface area contributed by atoms with Crippen LogP contribution in [0.25, 0.3) is 0 Å². The summed E-state index contributed by atoms with van der Waals surface area (Å²) in [7, 11) is 5.09. The van der Waals surface area contributed by atoms with Crippen LogP contribution in [0.4, 0.5) is 0 Å². The van der Waals surface area contributed by atoms with Gasteiger partial charge in [-0.2, -0.15) is 0 Å². The van der Waals surface area contributed by atoms with E-state index in [-0.39, 0.29) is 6.79 Å². The first-order valence-corrected chi connectivity index (χ1v) is 5.86. The molecule has 0 fully saturated rings. The molecule has 0 spiro atoms. The van der Waals surface area contributed by atoms with Crippen molar-refractivity contribution in [2.75, 3.05) is 34.7 Å². The summed E-state index contributed by atoms with van der Waals surface area (Å²) < 4.78 is 21.3. The zero-order chi connectivity index (χ0) is 13.4. The van der Waals surface area contributed by atoms with Gasteiger partial charge in [0, 0.05) is 13.2 Å². The third-order valence-electron chi connectivity index (χ3n) is 2.39. The normalized spacial score (nSPS) is 10.2. The highest BCUT2D eigenvalue weighted by Gasteiger charge is 2.13. The lowest BCUT2D eigenvalue weighted by molar-refractivity contribution is 0.0193. The smallest absolute Gasteiger partial charge is 0.206 e. The van der Waals surface area contributed by atoms with Crippen molar-refractivity contribution in [3.63, 3.8) is 0 Å². The molecule has 0 saturated heterocycles. The highest BCUT2D eigenvalue weighted by Crippen LogP contribution is 2.38. The highest BCUT2D eigenvalue weighted by atomic mass is 16.7. The summed E-state index contributed by atoms with van der Waals surface area (Å²) in [6, 6.07) is 3.83. The third kappa shape index (κ3) is 3.78. The zero-order valence-electron chi connectivity index (χ0n) is 11.4. The Bertz CT molecular complexity index is 343. The monoisotopic (exact) mass is 255 g/mol. The van der Waals surface area contributed by atoms with E-state index in [9.17, 15) is 0 Å². The molecule has 0 aliphatic carbocycles. The van der Waals surface area contributed by atoms with Crippen molar-refractivity contribution < 1.29 is 18.9 Å². The average molecular weight is 255 g/mol. The summed E-state index contributed by atoms with van der Waals surface area (Å²) >= 11 is 0. The molecule has 5 nitrogen and oxygen atoms in total. The summed E-state index contributed by atoms with van der Waals surface area (Å²) in [5.41, 5.74) is 1.06.